The van der Waals surface area contributed by atoms with Gasteiger partial charge in [0.1, 0.15) is 5.82 Å². The predicted molar refractivity (Wildman–Crippen MR) is 112 cm³/mol. The van der Waals surface area contributed by atoms with Gasteiger partial charge < -0.3 is 10.2 Å². The van der Waals surface area contributed by atoms with Crippen LogP contribution in [0.2, 0.25) is 5.02 Å². The van der Waals surface area contributed by atoms with E-state index in [1.165, 1.54) is 16.7 Å². The molecule has 1 aliphatic rings. The molecule has 1 aromatic heterocycles. The lowest BCUT2D eigenvalue weighted by atomic mass is 9.89. The second kappa shape index (κ2) is 7.98. The minimum absolute atomic E-state index is 0.346. The highest BCUT2D eigenvalue weighted by atomic mass is 35.5. The average Bonchev–Trinajstić information content (AvgIpc) is 2.84. The van der Waals surface area contributed by atoms with E-state index in [1.807, 2.05) is 12.3 Å². The van der Waals surface area contributed by atoms with Crippen molar-refractivity contribution in [3.8, 4) is 0 Å². The Morgan fingerprint density at radius 3 is 2.58 bits per heavy atom. The Kier molecular flexibility index (Phi) is 5.89. The fourth-order valence-corrected chi connectivity index (χ4v) is 3.79. The number of fused-ring (bicyclic) bond motifs is 1. The third-order valence-corrected chi connectivity index (χ3v) is 5.41. The molecule has 26 heavy (non-hydrogen) atoms. The number of anilines is 2. The number of halogens is 1. The van der Waals surface area contributed by atoms with Crippen molar-refractivity contribution in [2.45, 2.75) is 46.5 Å². The summed E-state index contributed by atoms with van der Waals surface area (Å²) >= 11 is 6.60. The summed E-state index contributed by atoms with van der Waals surface area (Å²) in [6.07, 6.45) is 6.28. The number of rotatable bonds is 4. The minimum Gasteiger partial charge on any atom is -0.328 e. The second-order valence-electron chi connectivity index (χ2n) is 8.43. The van der Waals surface area contributed by atoms with Crippen molar-refractivity contribution in [2.24, 2.45) is 5.41 Å². The fraction of sp³-hybridized carbons (Fsp3) is 0.500. The quantitative estimate of drug-likeness (QED) is 0.803. The van der Waals surface area contributed by atoms with E-state index in [2.05, 4.69) is 56.2 Å². The van der Waals surface area contributed by atoms with Crippen LogP contribution in [0.25, 0.3) is 0 Å². The van der Waals surface area contributed by atoms with Crippen molar-refractivity contribution in [3.63, 3.8) is 0 Å². The summed E-state index contributed by atoms with van der Waals surface area (Å²) in [5, 5.41) is 4.27. The number of aryl methyl sites for hydroxylation is 1. The molecule has 4 heteroatoms. The number of nitrogens with zero attached hydrogens (tertiary/aromatic N) is 2. The predicted octanol–water partition coefficient (Wildman–Crippen LogP) is 5.17. The van der Waals surface area contributed by atoms with Gasteiger partial charge in [-0.15, -0.1) is 0 Å². The van der Waals surface area contributed by atoms with Crippen LogP contribution in [0.5, 0.6) is 0 Å². The molecule has 0 bridgehead atoms. The fourth-order valence-electron chi connectivity index (χ4n) is 3.48. The van der Waals surface area contributed by atoms with E-state index in [1.54, 1.807) is 0 Å². The average molecular weight is 372 g/mol. The first-order chi connectivity index (χ1) is 12.3. The molecule has 0 fully saturated rings. The third-order valence-electron chi connectivity index (χ3n) is 5.11. The van der Waals surface area contributed by atoms with Crippen LogP contribution in [0.4, 0.5) is 11.5 Å². The Balaban J connectivity index is 1.84. The summed E-state index contributed by atoms with van der Waals surface area (Å²) in [5.41, 5.74) is 5.48. The number of nitrogens with one attached hydrogen (secondary N) is 1. The van der Waals surface area contributed by atoms with Gasteiger partial charge in [0, 0.05) is 13.2 Å². The maximum atomic E-state index is 6.60. The van der Waals surface area contributed by atoms with Crippen LogP contribution in [-0.4, -0.2) is 25.1 Å². The Morgan fingerprint density at radius 1 is 1.12 bits per heavy atom. The Hall–Kier alpha value is -1.58. The van der Waals surface area contributed by atoms with Crippen molar-refractivity contribution in [1.82, 2.24) is 10.3 Å². The molecular formula is C22H30ClN3. The number of aromatic nitrogens is 1. The van der Waals surface area contributed by atoms with E-state index in [-0.39, 0.29) is 0 Å². The molecule has 0 saturated carbocycles. The number of hydrogen-bond acceptors (Lipinski definition) is 3. The summed E-state index contributed by atoms with van der Waals surface area (Å²) in [4.78, 5) is 6.86. The van der Waals surface area contributed by atoms with E-state index >= 15 is 0 Å². The van der Waals surface area contributed by atoms with Crippen molar-refractivity contribution in [2.75, 3.05) is 25.0 Å². The van der Waals surface area contributed by atoms with Crippen LogP contribution < -0.4 is 10.2 Å². The van der Waals surface area contributed by atoms with E-state index in [0.29, 0.717) is 5.41 Å². The summed E-state index contributed by atoms with van der Waals surface area (Å²) in [5.74, 6) is 0.942. The minimum atomic E-state index is 0.346. The molecule has 1 N–H and O–H groups in total. The smallest absolute Gasteiger partial charge is 0.132 e. The third kappa shape index (κ3) is 4.57. The first kappa shape index (κ1) is 19.2. The summed E-state index contributed by atoms with van der Waals surface area (Å²) in [6.45, 7) is 8.85. The van der Waals surface area contributed by atoms with Crippen LogP contribution in [-0.2, 0) is 19.3 Å². The molecule has 2 aromatic rings. The highest BCUT2D eigenvalue weighted by Crippen LogP contribution is 2.36. The highest BCUT2D eigenvalue weighted by Gasteiger charge is 2.19. The number of hydrogen-bond donors (Lipinski definition) is 1. The van der Waals surface area contributed by atoms with E-state index in [0.717, 1.165) is 55.3 Å². The van der Waals surface area contributed by atoms with Crippen molar-refractivity contribution < 1.29 is 0 Å². The van der Waals surface area contributed by atoms with Gasteiger partial charge in [-0.05, 0) is 73.0 Å². The van der Waals surface area contributed by atoms with Gasteiger partial charge in [-0.1, -0.05) is 44.5 Å². The zero-order chi connectivity index (χ0) is 18.7. The SMILES string of the molecule is CN(c1ccc(CCC(C)(C)C)cn1)c1c(Cl)ccc2c1CCNCC2. The van der Waals surface area contributed by atoms with E-state index in [9.17, 15) is 0 Å². The standard InChI is InChI=1S/C22H30ClN3/c1-22(2,3)12-9-16-5-8-20(25-15-16)26(4)21-18-11-14-24-13-10-17(18)6-7-19(21)23/h5-8,15,24H,9-14H2,1-4H3. The lowest BCUT2D eigenvalue weighted by Crippen LogP contribution is -2.17. The molecule has 0 unspecified atom stereocenters. The second-order valence-corrected chi connectivity index (χ2v) is 8.84. The molecule has 0 saturated heterocycles. The van der Waals surface area contributed by atoms with Crippen molar-refractivity contribution >= 4 is 23.1 Å². The van der Waals surface area contributed by atoms with E-state index < -0.39 is 0 Å². The monoisotopic (exact) mass is 371 g/mol. The van der Waals surface area contributed by atoms with Gasteiger partial charge in [-0.3, -0.25) is 0 Å². The number of pyridine rings is 1. The molecule has 1 aromatic carbocycles. The molecule has 0 radical (unpaired) electrons. The van der Waals surface area contributed by atoms with Gasteiger partial charge in [0.25, 0.3) is 0 Å². The highest BCUT2D eigenvalue weighted by molar-refractivity contribution is 6.33. The van der Waals surface area contributed by atoms with Gasteiger partial charge in [-0.2, -0.15) is 0 Å². The lowest BCUT2D eigenvalue weighted by molar-refractivity contribution is 0.378. The first-order valence-electron chi connectivity index (χ1n) is 9.55. The maximum absolute atomic E-state index is 6.60. The molecule has 3 rings (SSSR count). The van der Waals surface area contributed by atoms with Gasteiger partial charge in [0.15, 0.2) is 0 Å². The molecule has 2 heterocycles. The number of benzene rings is 1. The zero-order valence-corrected chi connectivity index (χ0v) is 17.2. The van der Waals surface area contributed by atoms with Crippen LogP contribution in [0.3, 0.4) is 0 Å². The zero-order valence-electron chi connectivity index (χ0n) is 16.4. The first-order valence-corrected chi connectivity index (χ1v) is 9.92. The van der Waals surface area contributed by atoms with Crippen LogP contribution in [0.1, 0.15) is 43.9 Å². The summed E-state index contributed by atoms with van der Waals surface area (Å²) in [6, 6.07) is 8.50. The molecule has 0 spiro atoms. The molecule has 0 aliphatic carbocycles. The topological polar surface area (TPSA) is 28.2 Å². The normalized spacial score (nSPS) is 14.7. The summed E-state index contributed by atoms with van der Waals surface area (Å²) in [7, 11) is 2.07. The Labute approximate surface area is 162 Å². The Morgan fingerprint density at radius 2 is 1.88 bits per heavy atom. The summed E-state index contributed by atoms with van der Waals surface area (Å²) < 4.78 is 0. The lowest BCUT2D eigenvalue weighted by Gasteiger charge is -2.24. The van der Waals surface area contributed by atoms with Crippen LogP contribution in [0.15, 0.2) is 30.5 Å². The van der Waals surface area contributed by atoms with Gasteiger partial charge in [0.2, 0.25) is 0 Å². The van der Waals surface area contributed by atoms with Crippen molar-refractivity contribution in [1.29, 1.82) is 0 Å². The molecule has 0 atom stereocenters. The van der Waals surface area contributed by atoms with Gasteiger partial charge in [-0.25, -0.2) is 4.98 Å². The molecule has 1 aliphatic heterocycles. The largest absolute Gasteiger partial charge is 0.328 e. The molecule has 140 valence electrons. The molecular weight excluding hydrogens is 342 g/mol. The molecule has 3 nitrogen and oxygen atoms in total. The van der Waals surface area contributed by atoms with Gasteiger partial charge >= 0.3 is 0 Å². The van der Waals surface area contributed by atoms with Crippen molar-refractivity contribution in [3.05, 3.63) is 52.2 Å². The maximum Gasteiger partial charge on any atom is 0.132 e. The van der Waals surface area contributed by atoms with Gasteiger partial charge in [0.05, 0.1) is 10.7 Å². The van der Waals surface area contributed by atoms with Crippen LogP contribution >= 0.6 is 11.6 Å². The Bertz CT molecular complexity index is 747. The molecule has 0 amide bonds. The van der Waals surface area contributed by atoms with E-state index in [4.69, 9.17) is 16.6 Å². The van der Waals surface area contributed by atoms with Crippen LogP contribution in [0, 0.1) is 5.41 Å².